The maximum atomic E-state index is 13.9. The third-order valence-corrected chi connectivity index (χ3v) is 5.65. The van der Waals surface area contributed by atoms with E-state index in [1.54, 1.807) is 59.7 Å². The molecule has 208 valence electrons. The molecule has 0 bridgehead atoms. The normalized spacial score (nSPS) is 13.0. The Morgan fingerprint density at radius 2 is 1.78 bits per heavy atom. The first kappa shape index (κ1) is 31.7. The highest BCUT2D eigenvalue weighted by Crippen LogP contribution is 2.33. The van der Waals surface area contributed by atoms with Crippen LogP contribution in [0.2, 0.25) is 0 Å². The van der Waals surface area contributed by atoms with Crippen molar-refractivity contribution in [1.82, 2.24) is 15.5 Å². The molecule has 2 unspecified atom stereocenters. The molecule has 0 radical (unpaired) electrons. The van der Waals surface area contributed by atoms with Gasteiger partial charge in [-0.2, -0.15) is 0 Å². The van der Waals surface area contributed by atoms with E-state index in [-0.39, 0.29) is 24.2 Å². The van der Waals surface area contributed by atoms with Gasteiger partial charge in [-0.25, -0.2) is 4.79 Å². The molecule has 0 aliphatic rings. The van der Waals surface area contributed by atoms with Crippen molar-refractivity contribution in [3.8, 4) is 5.75 Å². The fourth-order valence-corrected chi connectivity index (χ4v) is 3.86. The topological polar surface area (TPSA) is 151 Å². The Balaban J connectivity index is 3.48. The summed E-state index contributed by atoms with van der Waals surface area (Å²) in [6.45, 7) is 12.7. The fourth-order valence-electron chi connectivity index (χ4n) is 3.86. The van der Waals surface area contributed by atoms with E-state index in [1.165, 1.54) is 4.90 Å². The Hall–Kier alpha value is -3.30. The van der Waals surface area contributed by atoms with Crippen LogP contribution in [-0.4, -0.2) is 58.1 Å². The Labute approximate surface area is 220 Å². The summed E-state index contributed by atoms with van der Waals surface area (Å²) in [5, 5.41) is 16.3. The Kier molecular flexibility index (Phi) is 12.4. The molecule has 2 atom stereocenters. The van der Waals surface area contributed by atoms with Crippen LogP contribution < -0.4 is 16.4 Å². The standard InChI is InChI=1S/C27H44N4O6/c1-8-9-10-16-29-24(34)22(19-13-11-12-18(4)23(19)33)31(17(2)3)25(35)20(14-15-21(28)32)30-26(36)37-27(5,6)7/h11-13,17,20,22,33H,8-10,14-16H2,1-7H3,(H2,28,32)(H,29,34)(H,30,36). The number of aromatic hydroxyl groups is 1. The van der Waals surface area contributed by atoms with Crippen LogP contribution in [0.4, 0.5) is 4.79 Å². The summed E-state index contributed by atoms with van der Waals surface area (Å²) in [6, 6.07) is 2.14. The lowest BCUT2D eigenvalue weighted by Crippen LogP contribution is -2.55. The number of nitrogens with two attached hydrogens (primary N) is 1. The molecule has 37 heavy (non-hydrogen) atoms. The maximum Gasteiger partial charge on any atom is 0.408 e. The number of alkyl carbamates (subject to hydrolysis) is 1. The highest BCUT2D eigenvalue weighted by atomic mass is 16.6. The molecule has 0 saturated carbocycles. The van der Waals surface area contributed by atoms with Gasteiger partial charge in [0.15, 0.2) is 0 Å². The van der Waals surface area contributed by atoms with Gasteiger partial charge in [0.2, 0.25) is 17.7 Å². The molecular formula is C27H44N4O6. The van der Waals surface area contributed by atoms with Crippen molar-refractivity contribution in [3.63, 3.8) is 0 Å². The first-order valence-corrected chi connectivity index (χ1v) is 12.9. The zero-order valence-electron chi connectivity index (χ0n) is 23.2. The number of ether oxygens (including phenoxy) is 1. The van der Waals surface area contributed by atoms with Gasteiger partial charge in [-0.1, -0.05) is 38.0 Å². The SMILES string of the molecule is CCCCCNC(=O)C(c1cccc(C)c1O)N(C(=O)C(CCC(N)=O)NC(=O)OC(C)(C)C)C(C)C. The molecule has 0 fully saturated rings. The van der Waals surface area contributed by atoms with Gasteiger partial charge in [0.05, 0.1) is 0 Å². The quantitative estimate of drug-likeness (QED) is 0.293. The molecule has 0 saturated heterocycles. The van der Waals surface area contributed by atoms with Crippen molar-refractivity contribution in [1.29, 1.82) is 0 Å². The summed E-state index contributed by atoms with van der Waals surface area (Å²) in [5.74, 6) is -1.79. The molecule has 1 rings (SSSR count). The van der Waals surface area contributed by atoms with E-state index in [9.17, 15) is 24.3 Å². The number of nitrogens with zero attached hydrogens (tertiary/aromatic N) is 1. The minimum atomic E-state index is -1.19. The molecule has 4 amide bonds. The second kappa shape index (κ2) is 14.4. The number of nitrogens with one attached hydrogen (secondary N) is 2. The number of carbonyl (C=O) groups excluding carboxylic acids is 4. The fraction of sp³-hybridized carbons (Fsp3) is 0.630. The maximum absolute atomic E-state index is 13.9. The number of amides is 4. The number of unbranched alkanes of at least 4 members (excludes halogenated alkanes) is 2. The predicted octanol–water partition coefficient (Wildman–Crippen LogP) is 3.44. The minimum Gasteiger partial charge on any atom is -0.507 e. The summed E-state index contributed by atoms with van der Waals surface area (Å²) >= 11 is 0. The number of hydrogen-bond acceptors (Lipinski definition) is 6. The van der Waals surface area contributed by atoms with E-state index in [2.05, 4.69) is 17.6 Å². The molecule has 0 heterocycles. The molecular weight excluding hydrogens is 476 g/mol. The molecule has 10 nitrogen and oxygen atoms in total. The van der Waals surface area contributed by atoms with Crippen LogP contribution in [0.3, 0.4) is 0 Å². The van der Waals surface area contributed by atoms with Gasteiger partial charge in [-0.3, -0.25) is 14.4 Å². The summed E-state index contributed by atoms with van der Waals surface area (Å²) in [4.78, 5) is 52.8. The first-order valence-electron chi connectivity index (χ1n) is 12.9. The number of phenols is 1. The lowest BCUT2D eigenvalue weighted by molar-refractivity contribution is -0.144. The number of hydrogen-bond donors (Lipinski definition) is 4. The minimum absolute atomic E-state index is 0.0821. The first-order chi connectivity index (χ1) is 17.2. The van der Waals surface area contributed by atoms with Crippen LogP contribution >= 0.6 is 0 Å². The van der Waals surface area contributed by atoms with Crippen molar-refractivity contribution in [3.05, 3.63) is 29.3 Å². The van der Waals surface area contributed by atoms with Crippen LogP contribution in [0.5, 0.6) is 5.75 Å². The van der Waals surface area contributed by atoms with Crippen molar-refractivity contribution >= 4 is 23.8 Å². The summed E-state index contributed by atoms with van der Waals surface area (Å²) in [5.41, 5.74) is 5.32. The number of para-hydroxylation sites is 1. The zero-order valence-corrected chi connectivity index (χ0v) is 23.2. The van der Waals surface area contributed by atoms with Crippen molar-refractivity contribution in [2.24, 2.45) is 5.73 Å². The van der Waals surface area contributed by atoms with Gasteiger partial charge in [-0.15, -0.1) is 0 Å². The Bertz CT molecular complexity index is 941. The largest absolute Gasteiger partial charge is 0.507 e. The zero-order chi connectivity index (χ0) is 28.3. The van der Waals surface area contributed by atoms with Crippen molar-refractivity contribution in [2.75, 3.05) is 6.54 Å². The molecule has 5 N–H and O–H groups in total. The highest BCUT2D eigenvalue weighted by molar-refractivity contribution is 5.93. The van der Waals surface area contributed by atoms with Gasteiger partial charge < -0.3 is 31.1 Å². The molecule has 1 aromatic rings. The summed E-state index contributed by atoms with van der Waals surface area (Å²) < 4.78 is 5.31. The van der Waals surface area contributed by atoms with E-state index in [4.69, 9.17) is 10.5 Å². The van der Waals surface area contributed by atoms with Gasteiger partial charge in [-0.05, 0) is 59.9 Å². The van der Waals surface area contributed by atoms with Crippen LogP contribution in [0.1, 0.15) is 90.8 Å². The van der Waals surface area contributed by atoms with Crippen LogP contribution in [0.25, 0.3) is 0 Å². The van der Waals surface area contributed by atoms with Crippen LogP contribution in [-0.2, 0) is 19.1 Å². The average Bonchev–Trinajstić information content (AvgIpc) is 2.77. The number of benzene rings is 1. The number of rotatable bonds is 13. The third-order valence-electron chi connectivity index (χ3n) is 5.65. The average molecular weight is 521 g/mol. The summed E-state index contributed by atoms with van der Waals surface area (Å²) in [6.07, 6.45) is 1.60. The van der Waals surface area contributed by atoms with Gasteiger partial charge in [0.1, 0.15) is 23.4 Å². The molecule has 0 aromatic heterocycles. The molecule has 10 heteroatoms. The van der Waals surface area contributed by atoms with Crippen LogP contribution in [0, 0.1) is 6.92 Å². The van der Waals surface area contributed by atoms with E-state index in [0.29, 0.717) is 12.1 Å². The van der Waals surface area contributed by atoms with Crippen molar-refractivity contribution in [2.45, 2.75) is 104 Å². The number of carbonyl (C=O) groups is 4. The lowest BCUT2D eigenvalue weighted by Gasteiger charge is -2.37. The second-order valence-electron chi connectivity index (χ2n) is 10.5. The van der Waals surface area contributed by atoms with Crippen molar-refractivity contribution < 1.29 is 29.0 Å². The second-order valence-corrected chi connectivity index (χ2v) is 10.5. The predicted molar refractivity (Wildman–Crippen MR) is 142 cm³/mol. The lowest BCUT2D eigenvalue weighted by atomic mass is 9.97. The summed E-state index contributed by atoms with van der Waals surface area (Å²) in [7, 11) is 0. The Morgan fingerprint density at radius 1 is 1.14 bits per heavy atom. The molecule has 1 aromatic carbocycles. The third kappa shape index (κ3) is 10.3. The van der Waals surface area contributed by atoms with Gasteiger partial charge in [0.25, 0.3) is 0 Å². The molecule has 0 aliphatic carbocycles. The molecule has 0 aliphatic heterocycles. The highest BCUT2D eigenvalue weighted by Gasteiger charge is 2.39. The monoisotopic (exact) mass is 520 g/mol. The van der Waals surface area contributed by atoms with E-state index in [0.717, 1.165) is 19.3 Å². The number of aryl methyl sites for hydroxylation is 1. The van der Waals surface area contributed by atoms with Crippen LogP contribution in [0.15, 0.2) is 18.2 Å². The van der Waals surface area contributed by atoms with E-state index < -0.39 is 47.5 Å². The van der Waals surface area contributed by atoms with E-state index in [1.807, 2.05) is 0 Å². The van der Waals surface area contributed by atoms with Gasteiger partial charge in [0, 0.05) is 24.6 Å². The van der Waals surface area contributed by atoms with E-state index >= 15 is 0 Å². The Morgan fingerprint density at radius 3 is 2.32 bits per heavy atom. The smallest absolute Gasteiger partial charge is 0.408 e. The number of primary amides is 1. The number of phenolic OH excluding ortho intramolecular Hbond substituents is 1. The molecule has 0 spiro atoms. The van der Waals surface area contributed by atoms with Gasteiger partial charge >= 0.3 is 6.09 Å².